The summed E-state index contributed by atoms with van der Waals surface area (Å²) in [6.45, 7) is 3.13. The fourth-order valence-corrected chi connectivity index (χ4v) is 2.51. The quantitative estimate of drug-likeness (QED) is 0.915. The van der Waals surface area contributed by atoms with Crippen LogP contribution in [0.3, 0.4) is 0 Å². The fourth-order valence-electron chi connectivity index (χ4n) is 2.51. The lowest BCUT2D eigenvalue weighted by atomic mass is 9.95. The summed E-state index contributed by atoms with van der Waals surface area (Å²) in [5.41, 5.74) is 2.33. The molecule has 0 unspecified atom stereocenters. The number of rotatable bonds is 3. The highest BCUT2D eigenvalue weighted by molar-refractivity contribution is 5.85. The van der Waals surface area contributed by atoms with Crippen LogP contribution in [0.25, 0.3) is 0 Å². The van der Waals surface area contributed by atoms with E-state index in [1.54, 1.807) is 14.2 Å². The summed E-state index contributed by atoms with van der Waals surface area (Å²) in [6, 6.07) is 4.51. The molecule has 3 nitrogen and oxygen atoms in total. The van der Waals surface area contributed by atoms with Gasteiger partial charge in [0.1, 0.15) is 11.5 Å². The van der Waals surface area contributed by atoms with Gasteiger partial charge in [0.15, 0.2) is 0 Å². The van der Waals surface area contributed by atoms with E-state index in [4.69, 9.17) is 9.47 Å². The number of hydrogen-bond donors (Lipinski definition) is 1. The molecule has 18 heavy (non-hydrogen) atoms. The number of nitrogens with one attached hydrogen (secondary N) is 1. The molecule has 0 saturated carbocycles. The van der Waals surface area contributed by atoms with E-state index in [9.17, 15) is 0 Å². The number of piperidine rings is 1. The summed E-state index contributed by atoms with van der Waals surface area (Å²) in [7, 11) is 3.45. The van der Waals surface area contributed by atoms with Crippen molar-refractivity contribution >= 4 is 12.4 Å². The van der Waals surface area contributed by atoms with E-state index in [1.165, 1.54) is 24.0 Å². The third-order valence-electron chi connectivity index (χ3n) is 3.35. The number of benzene rings is 1. The van der Waals surface area contributed by atoms with Gasteiger partial charge in [0, 0.05) is 6.04 Å². The molecule has 1 N–H and O–H groups in total. The smallest absolute Gasteiger partial charge is 0.127 e. The van der Waals surface area contributed by atoms with Gasteiger partial charge >= 0.3 is 0 Å². The zero-order valence-electron chi connectivity index (χ0n) is 11.3. The largest absolute Gasteiger partial charge is 0.496 e. The Labute approximate surface area is 115 Å². The summed E-state index contributed by atoms with van der Waals surface area (Å²) in [6.07, 6.45) is 3.67. The molecule has 4 heteroatoms. The number of aryl methyl sites for hydroxylation is 1. The Morgan fingerprint density at radius 1 is 1.11 bits per heavy atom. The zero-order valence-corrected chi connectivity index (χ0v) is 12.1. The summed E-state index contributed by atoms with van der Waals surface area (Å²) in [5.74, 6) is 1.86. The Kier molecular flexibility index (Phi) is 5.76. The second-order valence-corrected chi connectivity index (χ2v) is 4.59. The number of methoxy groups -OCH3 is 2. The van der Waals surface area contributed by atoms with Crippen molar-refractivity contribution in [1.29, 1.82) is 0 Å². The van der Waals surface area contributed by atoms with Gasteiger partial charge in [0.2, 0.25) is 0 Å². The van der Waals surface area contributed by atoms with E-state index < -0.39 is 0 Å². The van der Waals surface area contributed by atoms with Gasteiger partial charge in [-0.15, -0.1) is 12.4 Å². The molecule has 1 aromatic carbocycles. The van der Waals surface area contributed by atoms with Gasteiger partial charge in [0.05, 0.1) is 19.8 Å². The van der Waals surface area contributed by atoms with E-state index in [2.05, 4.69) is 24.4 Å². The first kappa shape index (κ1) is 15.1. The van der Waals surface area contributed by atoms with Crippen molar-refractivity contribution in [2.24, 2.45) is 0 Å². The highest BCUT2D eigenvalue weighted by Crippen LogP contribution is 2.38. The van der Waals surface area contributed by atoms with Gasteiger partial charge in [-0.2, -0.15) is 0 Å². The molecule has 102 valence electrons. The van der Waals surface area contributed by atoms with Crippen molar-refractivity contribution in [2.75, 3.05) is 20.8 Å². The molecule has 1 saturated heterocycles. The van der Waals surface area contributed by atoms with Crippen molar-refractivity contribution in [2.45, 2.75) is 32.2 Å². The lowest BCUT2D eigenvalue weighted by molar-refractivity contribution is 0.348. The molecule has 1 atom stereocenters. The van der Waals surface area contributed by atoms with Crippen molar-refractivity contribution < 1.29 is 9.47 Å². The average molecular weight is 272 g/mol. The summed E-state index contributed by atoms with van der Waals surface area (Å²) >= 11 is 0. The van der Waals surface area contributed by atoms with E-state index in [0.717, 1.165) is 24.5 Å². The van der Waals surface area contributed by atoms with E-state index in [0.29, 0.717) is 6.04 Å². The van der Waals surface area contributed by atoms with Crippen LogP contribution in [0.15, 0.2) is 12.1 Å². The Morgan fingerprint density at radius 2 is 1.72 bits per heavy atom. The van der Waals surface area contributed by atoms with Crippen LogP contribution in [0.4, 0.5) is 0 Å². The predicted molar refractivity (Wildman–Crippen MR) is 76.1 cm³/mol. The second kappa shape index (κ2) is 6.86. The van der Waals surface area contributed by atoms with E-state index in [-0.39, 0.29) is 12.4 Å². The first-order valence-corrected chi connectivity index (χ1v) is 6.22. The van der Waals surface area contributed by atoms with Gasteiger partial charge in [-0.1, -0.05) is 6.42 Å². The van der Waals surface area contributed by atoms with Crippen LogP contribution in [0.5, 0.6) is 11.5 Å². The molecule has 0 bridgehead atoms. The molecule has 1 heterocycles. The molecule has 1 aliphatic rings. The maximum Gasteiger partial charge on any atom is 0.127 e. The summed E-state index contributed by atoms with van der Waals surface area (Å²) < 4.78 is 11.0. The lowest BCUT2D eigenvalue weighted by Crippen LogP contribution is -2.27. The maximum atomic E-state index is 5.50. The Bertz CT molecular complexity index is 364. The van der Waals surface area contributed by atoms with Gasteiger partial charge < -0.3 is 14.8 Å². The number of ether oxygens (including phenoxy) is 2. The molecule has 2 rings (SSSR count). The van der Waals surface area contributed by atoms with Crippen LogP contribution in [-0.2, 0) is 0 Å². The monoisotopic (exact) mass is 271 g/mol. The average Bonchev–Trinajstić information content (AvgIpc) is 2.38. The van der Waals surface area contributed by atoms with Crippen molar-refractivity contribution in [1.82, 2.24) is 5.32 Å². The molecular weight excluding hydrogens is 250 g/mol. The first-order valence-electron chi connectivity index (χ1n) is 6.22. The van der Waals surface area contributed by atoms with Crippen molar-refractivity contribution in [3.8, 4) is 11.5 Å². The summed E-state index contributed by atoms with van der Waals surface area (Å²) in [5, 5.41) is 3.54. The molecule has 1 fully saturated rings. The van der Waals surface area contributed by atoms with Crippen LogP contribution < -0.4 is 14.8 Å². The molecule has 0 spiro atoms. The minimum absolute atomic E-state index is 0. The van der Waals surface area contributed by atoms with Crippen LogP contribution in [-0.4, -0.2) is 20.8 Å². The Morgan fingerprint density at radius 3 is 2.17 bits per heavy atom. The molecule has 1 aliphatic heterocycles. The third-order valence-corrected chi connectivity index (χ3v) is 3.35. The number of hydrogen-bond acceptors (Lipinski definition) is 3. The highest BCUT2D eigenvalue weighted by atomic mass is 35.5. The van der Waals surface area contributed by atoms with Crippen LogP contribution >= 0.6 is 12.4 Å². The standard InChI is InChI=1S/C14H21NO2.ClH/c1-10-8-12(16-2)14(13(9-10)17-3)11-6-4-5-7-15-11;/h8-9,11,15H,4-7H2,1-3H3;1H/t11-;/m1./s1. The van der Waals surface area contributed by atoms with Crippen molar-refractivity contribution in [3.05, 3.63) is 23.3 Å². The topological polar surface area (TPSA) is 30.5 Å². The predicted octanol–water partition coefficient (Wildman–Crippen LogP) is 3.25. The highest BCUT2D eigenvalue weighted by Gasteiger charge is 2.22. The summed E-state index contributed by atoms with van der Waals surface area (Å²) in [4.78, 5) is 0. The zero-order chi connectivity index (χ0) is 12.3. The molecule has 1 aromatic rings. The van der Waals surface area contributed by atoms with Crippen molar-refractivity contribution in [3.63, 3.8) is 0 Å². The van der Waals surface area contributed by atoms with Crippen LogP contribution in [0, 0.1) is 6.92 Å². The molecule has 0 amide bonds. The molecular formula is C14H22ClNO2. The minimum Gasteiger partial charge on any atom is -0.496 e. The van der Waals surface area contributed by atoms with Crippen LogP contribution in [0.2, 0.25) is 0 Å². The fraction of sp³-hybridized carbons (Fsp3) is 0.571. The van der Waals surface area contributed by atoms with Gasteiger partial charge in [-0.25, -0.2) is 0 Å². The molecule has 0 aromatic heterocycles. The second-order valence-electron chi connectivity index (χ2n) is 4.59. The number of halogens is 1. The molecule has 0 radical (unpaired) electrons. The normalized spacial score (nSPS) is 18.9. The first-order chi connectivity index (χ1) is 8.26. The minimum atomic E-state index is 0. The molecule has 0 aliphatic carbocycles. The van der Waals surface area contributed by atoms with E-state index in [1.807, 2.05) is 0 Å². The van der Waals surface area contributed by atoms with Gasteiger partial charge in [-0.05, 0) is 44.0 Å². The van der Waals surface area contributed by atoms with E-state index >= 15 is 0 Å². The third kappa shape index (κ3) is 3.09. The van der Waals surface area contributed by atoms with Gasteiger partial charge in [0.25, 0.3) is 0 Å². The maximum absolute atomic E-state index is 5.50. The van der Waals surface area contributed by atoms with Gasteiger partial charge in [-0.3, -0.25) is 0 Å². The SMILES string of the molecule is COc1cc(C)cc(OC)c1[C@H]1CCCCN1.Cl. The van der Waals surface area contributed by atoms with Crippen LogP contribution in [0.1, 0.15) is 36.4 Å². The Balaban J connectivity index is 0.00000162. The lowest BCUT2D eigenvalue weighted by Gasteiger charge is -2.27. The Hall–Kier alpha value is -0.930.